The van der Waals surface area contributed by atoms with Crippen molar-refractivity contribution in [3.63, 3.8) is 0 Å². The van der Waals surface area contributed by atoms with Gasteiger partial charge >= 0.3 is 5.97 Å². The Hall–Kier alpha value is -0.860. The molecule has 0 aliphatic rings. The molecule has 0 aliphatic heterocycles. The van der Waals surface area contributed by atoms with Crippen LogP contribution in [0.2, 0.25) is 0 Å². The lowest BCUT2D eigenvalue weighted by Gasteiger charge is -2.17. The van der Waals surface area contributed by atoms with Crippen LogP contribution in [0.4, 0.5) is 0 Å². The molecule has 0 aromatic heterocycles. The molecule has 76 valence electrons. The van der Waals surface area contributed by atoms with E-state index in [4.69, 9.17) is 0 Å². The molecule has 0 bridgehead atoms. The summed E-state index contributed by atoms with van der Waals surface area (Å²) in [5.74, 6) is -0.00787. The van der Waals surface area contributed by atoms with Gasteiger partial charge in [0.1, 0.15) is 5.78 Å². The van der Waals surface area contributed by atoms with Crippen LogP contribution in [0.5, 0.6) is 0 Å². The van der Waals surface area contributed by atoms with E-state index in [9.17, 15) is 9.59 Å². The molecule has 0 rings (SSSR count). The maximum atomic E-state index is 11.2. The van der Waals surface area contributed by atoms with E-state index in [2.05, 4.69) is 4.74 Å². The second-order valence-electron chi connectivity index (χ2n) is 3.61. The summed E-state index contributed by atoms with van der Waals surface area (Å²) < 4.78 is 4.66. The first kappa shape index (κ1) is 12.1. The molecular weight excluding hydrogens is 168 g/mol. The number of ketones is 1. The largest absolute Gasteiger partial charge is 0.469 e. The molecule has 1 atom stereocenters. The Labute approximate surface area is 79.5 Å². The Morgan fingerprint density at radius 3 is 2.15 bits per heavy atom. The van der Waals surface area contributed by atoms with Crippen molar-refractivity contribution in [2.45, 2.75) is 33.6 Å². The van der Waals surface area contributed by atoms with Gasteiger partial charge in [-0.15, -0.1) is 0 Å². The summed E-state index contributed by atoms with van der Waals surface area (Å²) in [6.07, 6.45) is 1.05. The molecule has 0 N–H and O–H groups in total. The summed E-state index contributed by atoms with van der Waals surface area (Å²) in [7, 11) is 1.38. The number of carbonyl (C=O) groups is 2. The third kappa shape index (κ3) is 4.65. The van der Waals surface area contributed by atoms with Gasteiger partial charge in [0.05, 0.1) is 13.0 Å². The molecule has 0 radical (unpaired) electrons. The highest BCUT2D eigenvalue weighted by molar-refractivity contribution is 5.77. The lowest BCUT2D eigenvalue weighted by molar-refractivity contribution is -0.147. The third-order valence-corrected chi connectivity index (χ3v) is 2.12. The predicted molar refractivity (Wildman–Crippen MR) is 50.3 cm³/mol. The zero-order valence-electron chi connectivity index (χ0n) is 8.79. The molecule has 0 unspecified atom stereocenters. The van der Waals surface area contributed by atoms with Crippen LogP contribution >= 0.6 is 0 Å². The Kier molecular flexibility index (Phi) is 5.35. The van der Waals surface area contributed by atoms with Gasteiger partial charge in [-0.1, -0.05) is 13.8 Å². The SMILES string of the molecule is COC(=O)[C@H](CCC(C)=O)C(C)C. The molecule has 0 fully saturated rings. The standard InChI is InChI=1S/C10H18O3/c1-7(2)9(10(12)13-4)6-5-8(3)11/h7,9H,5-6H2,1-4H3/t9-/m1/s1. The number of esters is 1. The summed E-state index contributed by atoms with van der Waals surface area (Å²) in [5.41, 5.74) is 0. The second-order valence-corrected chi connectivity index (χ2v) is 3.61. The number of rotatable bonds is 5. The van der Waals surface area contributed by atoms with Gasteiger partial charge in [-0.05, 0) is 19.3 Å². The van der Waals surface area contributed by atoms with Crippen LogP contribution < -0.4 is 0 Å². The van der Waals surface area contributed by atoms with Gasteiger partial charge in [0.25, 0.3) is 0 Å². The molecule has 0 aromatic rings. The number of Topliss-reactive ketones (excluding diaryl/α,β-unsaturated/α-hetero) is 1. The fraction of sp³-hybridized carbons (Fsp3) is 0.800. The van der Waals surface area contributed by atoms with E-state index in [1.807, 2.05) is 13.8 Å². The molecule has 3 nitrogen and oxygen atoms in total. The van der Waals surface area contributed by atoms with E-state index >= 15 is 0 Å². The predicted octanol–water partition coefficient (Wildman–Crippen LogP) is 1.80. The van der Waals surface area contributed by atoms with Crippen LogP contribution in [0.1, 0.15) is 33.6 Å². The minimum absolute atomic E-state index is 0.120. The maximum absolute atomic E-state index is 11.2. The van der Waals surface area contributed by atoms with E-state index in [1.165, 1.54) is 14.0 Å². The maximum Gasteiger partial charge on any atom is 0.308 e. The van der Waals surface area contributed by atoms with Crippen molar-refractivity contribution in [3.05, 3.63) is 0 Å². The first-order valence-electron chi connectivity index (χ1n) is 4.56. The highest BCUT2D eigenvalue weighted by atomic mass is 16.5. The minimum atomic E-state index is -0.212. The number of carbonyl (C=O) groups excluding carboxylic acids is 2. The van der Waals surface area contributed by atoms with E-state index in [-0.39, 0.29) is 23.6 Å². The van der Waals surface area contributed by atoms with Crippen LogP contribution in [-0.2, 0) is 14.3 Å². The van der Waals surface area contributed by atoms with Crippen LogP contribution in [0.15, 0.2) is 0 Å². The molecule has 13 heavy (non-hydrogen) atoms. The first-order chi connectivity index (χ1) is 5.99. The van der Waals surface area contributed by atoms with Crippen molar-refractivity contribution >= 4 is 11.8 Å². The van der Waals surface area contributed by atoms with Gasteiger partial charge in [0.15, 0.2) is 0 Å². The molecule has 0 saturated carbocycles. The number of methoxy groups -OCH3 is 1. The minimum Gasteiger partial charge on any atom is -0.469 e. The van der Waals surface area contributed by atoms with Gasteiger partial charge in [-0.3, -0.25) is 4.79 Å². The lowest BCUT2D eigenvalue weighted by atomic mass is 9.90. The average molecular weight is 186 g/mol. The monoisotopic (exact) mass is 186 g/mol. The number of hydrogen-bond donors (Lipinski definition) is 0. The summed E-state index contributed by atoms with van der Waals surface area (Å²) in [5, 5.41) is 0. The highest BCUT2D eigenvalue weighted by Gasteiger charge is 2.22. The van der Waals surface area contributed by atoms with Gasteiger partial charge in [-0.25, -0.2) is 0 Å². The van der Waals surface area contributed by atoms with Crippen molar-refractivity contribution in [3.8, 4) is 0 Å². The van der Waals surface area contributed by atoms with E-state index in [1.54, 1.807) is 0 Å². The van der Waals surface area contributed by atoms with Crippen molar-refractivity contribution in [1.82, 2.24) is 0 Å². The van der Waals surface area contributed by atoms with Gasteiger partial charge in [0, 0.05) is 6.42 Å². The third-order valence-electron chi connectivity index (χ3n) is 2.12. The van der Waals surface area contributed by atoms with Gasteiger partial charge in [-0.2, -0.15) is 0 Å². The zero-order chi connectivity index (χ0) is 10.4. The fourth-order valence-electron chi connectivity index (χ4n) is 1.23. The van der Waals surface area contributed by atoms with Crippen LogP contribution in [0.25, 0.3) is 0 Å². The highest BCUT2D eigenvalue weighted by Crippen LogP contribution is 2.18. The first-order valence-corrected chi connectivity index (χ1v) is 4.56. The number of ether oxygens (including phenoxy) is 1. The van der Waals surface area contributed by atoms with Crippen LogP contribution in [-0.4, -0.2) is 18.9 Å². The van der Waals surface area contributed by atoms with Gasteiger partial charge in [0.2, 0.25) is 0 Å². The molecule has 0 spiro atoms. The topological polar surface area (TPSA) is 43.4 Å². The molecule has 3 heteroatoms. The fourth-order valence-corrected chi connectivity index (χ4v) is 1.23. The Balaban J connectivity index is 4.10. The van der Waals surface area contributed by atoms with Crippen LogP contribution in [0, 0.1) is 11.8 Å². The lowest BCUT2D eigenvalue weighted by Crippen LogP contribution is -2.22. The Morgan fingerprint density at radius 2 is 1.85 bits per heavy atom. The zero-order valence-corrected chi connectivity index (χ0v) is 8.79. The summed E-state index contributed by atoms with van der Waals surface area (Å²) >= 11 is 0. The Bertz CT molecular complexity index is 185. The van der Waals surface area contributed by atoms with Gasteiger partial charge < -0.3 is 9.53 Å². The normalized spacial score (nSPS) is 12.7. The van der Waals surface area contributed by atoms with Crippen molar-refractivity contribution in [2.24, 2.45) is 11.8 Å². The quantitative estimate of drug-likeness (QED) is 0.615. The summed E-state index contributed by atoms with van der Waals surface area (Å²) in [4.78, 5) is 22.0. The average Bonchev–Trinajstić information content (AvgIpc) is 2.03. The number of hydrogen-bond acceptors (Lipinski definition) is 3. The van der Waals surface area contributed by atoms with Crippen molar-refractivity contribution in [1.29, 1.82) is 0 Å². The smallest absolute Gasteiger partial charge is 0.308 e. The van der Waals surface area contributed by atoms with Crippen LogP contribution in [0.3, 0.4) is 0 Å². The molecule has 0 aliphatic carbocycles. The second kappa shape index (κ2) is 5.73. The molecular formula is C10H18O3. The molecule has 0 amide bonds. The van der Waals surface area contributed by atoms with Crippen molar-refractivity contribution in [2.75, 3.05) is 7.11 Å². The molecule has 0 aromatic carbocycles. The molecule has 0 heterocycles. The molecule has 0 saturated heterocycles. The van der Waals surface area contributed by atoms with Crippen molar-refractivity contribution < 1.29 is 14.3 Å². The summed E-state index contributed by atoms with van der Waals surface area (Å²) in [6.45, 7) is 5.46. The van der Waals surface area contributed by atoms with E-state index < -0.39 is 0 Å². The summed E-state index contributed by atoms with van der Waals surface area (Å²) in [6, 6.07) is 0. The van der Waals surface area contributed by atoms with E-state index in [0.29, 0.717) is 12.8 Å². The Morgan fingerprint density at radius 1 is 1.31 bits per heavy atom. The van der Waals surface area contributed by atoms with E-state index in [0.717, 1.165) is 0 Å².